The van der Waals surface area contributed by atoms with Crippen molar-refractivity contribution < 1.29 is 33.3 Å². The van der Waals surface area contributed by atoms with Gasteiger partial charge in [0.1, 0.15) is 11.5 Å². The van der Waals surface area contributed by atoms with Gasteiger partial charge in [0.05, 0.1) is 34.4 Å². The van der Waals surface area contributed by atoms with Crippen molar-refractivity contribution in [3.05, 3.63) is 47.5 Å². The summed E-state index contributed by atoms with van der Waals surface area (Å²) in [5.41, 5.74) is 2.12. The maximum atomic E-state index is 12.5. The van der Waals surface area contributed by atoms with Gasteiger partial charge in [-0.2, -0.15) is 0 Å². The van der Waals surface area contributed by atoms with E-state index < -0.39 is 5.97 Å². The van der Waals surface area contributed by atoms with E-state index in [9.17, 15) is 9.59 Å². The number of hydrogen-bond donors (Lipinski definition) is 0. The molecule has 1 heterocycles. The summed E-state index contributed by atoms with van der Waals surface area (Å²) in [6.45, 7) is 0.869. The third kappa shape index (κ3) is 5.81. The monoisotopic (exact) mass is 429 g/mol. The van der Waals surface area contributed by atoms with Crippen molar-refractivity contribution in [1.29, 1.82) is 0 Å². The molecular weight excluding hydrogens is 402 g/mol. The maximum Gasteiger partial charge on any atom is 0.309 e. The van der Waals surface area contributed by atoms with Crippen LogP contribution in [0.25, 0.3) is 0 Å². The minimum atomic E-state index is -0.481. The summed E-state index contributed by atoms with van der Waals surface area (Å²) >= 11 is 0. The summed E-state index contributed by atoms with van der Waals surface area (Å²) in [5.74, 6) is 1.94. The molecule has 0 aliphatic carbocycles. The number of ether oxygens (including phenoxy) is 5. The van der Waals surface area contributed by atoms with E-state index in [2.05, 4.69) is 0 Å². The molecule has 0 spiro atoms. The van der Waals surface area contributed by atoms with E-state index in [1.165, 1.54) is 0 Å². The molecule has 0 bridgehead atoms. The zero-order valence-corrected chi connectivity index (χ0v) is 18.0. The Kier molecular flexibility index (Phi) is 7.59. The number of methoxy groups -OCH3 is 3. The summed E-state index contributed by atoms with van der Waals surface area (Å²) in [7, 11) is 4.76. The second-order valence-corrected chi connectivity index (χ2v) is 6.98. The van der Waals surface area contributed by atoms with Crippen molar-refractivity contribution in [2.45, 2.75) is 19.4 Å². The molecule has 0 N–H and O–H groups in total. The fraction of sp³-hybridized carbons (Fsp3) is 0.391. The molecule has 8 heteroatoms. The molecule has 0 radical (unpaired) electrons. The second-order valence-electron chi connectivity index (χ2n) is 6.98. The Morgan fingerprint density at radius 3 is 2.19 bits per heavy atom. The summed E-state index contributed by atoms with van der Waals surface area (Å²) in [6.07, 6.45) is 0.754. The standard InChI is InChI=1S/C23H27NO7/c1-27-18-4-6-19(7-5-18)30-11-9-23(26)31-15-22(25)24-10-8-16-12-20(28-2)21(29-3)13-17(16)14-24/h4-7,12-13H,8-11,14-15H2,1-3H3. The van der Waals surface area contributed by atoms with E-state index in [4.69, 9.17) is 23.7 Å². The van der Waals surface area contributed by atoms with E-state index in [-0.39, 0.29) is 25.5 Å². The van der Waals surface area contributed by atoms with Crippen molar-refractivity contribution in [2.24, 2.45) is 0 Å². The molecule has 0 unspecified atom stereocenters. The van der Waals surface area contributed by atoms with Gasteiger partial charge in [0.2, 0.25) is 0 Å². The molecule has 1 amide bonds. The fourth-order valence-electron chi connectivity index (χ4n) is 3.33. The SMILES string of the molecule is COc1ccc(OCCC(=O)OCC(=O)N2CCc3cc(OC)c(OC)cc3C2)cc1. The van der Waals surface area contributed by atoms with Crippen LogP contribution in [0.4, 0.5) is 0 Å². The Morgan fingerprint density at radius 2 is 1.55 bits per heavy atom. The van der Waals surface area contributed by atoms with E-state index in [0.29, 0.717) is 36.8 Å². The lowest BCUT2D eigenvalue weighted by Gasteiger charge is -2.29. The molecule has 1 aliphatic heterocycles. The average molecular weight is 429 g/mol. The van der Waals surface area contributed by atoms with Gasteiger partial charge in [0, 0.05) is 13.1 Å². The van der Waals surface area contributed by atoms with Crippen LogP contribution < -0.4 is 18.9 Å². The Labute approximate surface area is 181 Å². The number of carbonyl (C=O) groups excluding carboxylic acids is 2. The predicted octanol–water partition coefficient (Wildman–Crippen LogP) is 2.61. The smallest absolute Gasteiger partial charge is 0.309 e. The van der Waals surface area contributed by atoms with Crippen molar-refractivity contribution in [3.8, 4) is 23.0 Å². The van der Waals surface area contributed by atoms with Crippen LogP contribution in [0.15, 0.2) is 36.4 Å². The summed E-state index contributed by atoms with van der Waals surface area (Å²) < 4.78 is 26.4. The highest BCUT2D eigenvalue weighted by atomic mass is 16.5. The number of benzene rings is 2. The van der Waals surface area contributed by atoms with Crippen LogP contribution in [0.1, 0.15) is 17.5 Å². The minimum Gasteiger partial charge on any atom is -0.497 e. The first-order chi connectivity index (χ1) is 15.0. The highest BCUT2D eigenvalue weighted by Gasteiger charge is 2.23. The van der Waals surface area contributed by atoms with Crippen LogP contribution in [-0.4, -0.2) is 57.9 Å². The van der Waals surface area contributed by atoms with Gasteiger partial charge < -0.3 is 28.6 Å². The minimum absolute atomic E-state index is 0.0547. The molecule has 2 aromatic carbocycles. The predicted molar refractivity (Wildman–Crippen MR) is 113 cm³/mol. The van der Waals surface area contributed by atoms with E-state index in [1.807, 2.05) is 12.1 Å². The molecule has 0 saturated heterocycles. The Bertz CT molecular complexity index is 911. The molecular formula is C23H27NO7. The van der Waals surface area contributed by atoms with E-state index in [0.717, 1.165) is 16.9 Å². The number of fused-ring (bicyclic) bond motifs is 1. The Hall–Kier alpha value is -3.42. The summed E-state index contributed by atoms with van der Waals surface area (Å²) in [5, 5.41) is 0. The lowest BCUT2D eigenvalue weighted by molar-refractivity contribution is -0.152. The first-order valence-corrected chi connectivity index (χ1v) is 9.98. The van der Waals surface area contributed by atoms with Gasteiger partial charge in [-0.25, -0.2) is 0 Å². The van der Waals surface area contributed by atoms with Gasteiger partial charge in [-0.05, 0) is 53.9 Å². The molecule has 1 aliphatic rings. The molecule has 0 fully saturated rings. The molecule has 31 heavy (non-hydrogen) atoms. The van der Waals surface area contributed by atoms with Gasteiger partial charge in [0.15, 0.2) is 18.1 Å². The van der Waals surface area contributed by atoms with Crippen LogP contribution in [0, 0.1) is 0 Å². The number of carbonyl (C=O) groups is 2. The number of hydrogen-bond acceptors (Lipinski definition) is 7. The average Bonchev–Trinajstić information content (AvgIpc) is 2.81. The van der Waals surface area contributed by atoms with Gasteiger partial charge in [0.25, 0.3) is 5.91 Å². The lowest BCUT2D eigenvalue weighted by atomic mass is 9.99. The van der Waals surface area contributed by atoms with Crippen molar-refractivity contribution in [1.82, 2.24) is 4.90 Å². The zero-order chi connectivity index (χ0) is 22.2. The molecule has 0 saturated carbocycles. The lowest BCUT2D eigenvalue weighted by Crippen LogP contribution is -2.38. The normalized spacial score (nSPS) is 12.5. The van der Waals surface area contributed by atoms with Crippen LogP contribution in [0.5, 0.6) is 23.0 Å². The fourth-order valence-corrected chi connectivity index (χ4v) is 3.33. The largest absolute Gasteiger partial charge is 0.497 e. The zero-order valence-electron chi connectivity index (χ0n) is 18.0. The number of nitrogens with zero attached hydrogens (tertiary/aromatic N) is 1. The number of esters is 1. The molecule has 0 atom stereocenters. The van der Waals surface area contributed by atoms with Crippen molar-refractivity contribution in [3.63, 3.8) is 0 Å². The third-order valence-corrected chi connectivity index (χ3v) is 5.06. The third-order valence-electron chi connectivity index (χ3n) is 5.06. The van der Waals surface area contributed by atoms with Crippen molar-refractivity contribution >= 4 is 11.9 Å². The highest BCUT2D eigenvalue weighted by molar-refractivity contribution is 5.81. The second kappa shape index (κ2) is 10.6. The Morgan fingerprint density at radius 1 is 0.903 bits per heavy atom. The molecule has 2 aromatic rings. The topological polar surface area (TPSA) is 83.5 Å². The van der Waals surface area contributed by atoms with Crippen LogP contribution in [-0.2, 0) is 27.3 Å². The molecule has 166 valence electrons. The quantitative estimate of drug-likeness (QED) is 0.567. The highest BCUT2D eigenvalue weighted by Crippen LogP contribution is 2.33. The molecule has 3 rings (SSSR count). The first-order valence-electron chi connectivity index (χ1n) is 9.98. The molecule has 8 nitrogen and oxygen atoms in total. The summed E-state index contributed by atoms with van der Waals surface area (Å²) in [4.78, 5) is 26.1. The van der Waals surface area contributed by atoms with E-state index >= 15 is 0 Å². The van der Waals surface area contributed by atoms with Crippen LogP contribution in [0.2, 0.25) is 0 Å². The summed E-state index contributed by atoms with van der Waals surface area (Å²) in [6, 6.07) is 10.9. The van der Waals surface area contributed by atoms with E-state index in [1.54, 1.807) is 50.5 Å². The number of amides is 1. The van der Waals surface area contributed by atoms with Crippen LogP contribution >= 0.6 is 0 Å². The Balaban J connectivity index is 1.43. The van der Waals surface area contributed by atoms with Gasteiger partial charge in [-0.3, -0.25) is 9.59 Å². The van der Waals surface area contributed by atoms with Crippen molar-refractivity contribution in [2.75, 3.05) is 41.1 Å². The van der Waals surface area contributed by atoms with Crippen LogP contribution in [0.3, 0.4) is 0 Å². The van der Waals surface area contributed by atoms with Gasteiger partial charge >= 0.3 is 5.97 Å². The van der Waals surface area contributed by atoms with Gasteiger partial charge in [-0.15, -0.1) is 0 Å². The number of rotatable bonds is 9. The maximum absolute atomic E-state index is 12.5. The first kappa shape index (κ1) is 22.3. The van der Waals surface area contributed by atoms with Gasteiger partial charge in [-0.1, -0.05) is 0 Å². The molecule has 0 aromatic heterocycles.